The predicted molar refractivity (Wildman–Crippen MR) is 224 cm³/mol. The lowest BCUT2D eigenvalue weighted by Gasteiger charge is -2.35. The second kappa shape index (κ2) is 15.7. The lowest BCUT2D eigenvalue weighted by atomic mass is 10.0. The minimum absolute atomic E-state index is 0.0583. The van der Waals surface area contributed by atoms with Gasteiger partial charge in [0.2, 0.25) is 11.8 Å². The minimum Gasteiger partial charge on any atom is -0.384 e. The number of nitrogens with zero attached hydrogens (tertiary/aromatic N) is 9. The number of amides is 4. The summed E-state index contributed by atoms with van der Waals surface area (Å²) in [5.41, 5.74) is 4.90. The number of nitrogens with one attached hydrogen (secondary N) is 2. The van der Waals surface area contributed by atoms with Crippen LogP contribution in [0.4, 0.5) is 11.5 Å². The highest BCUT2D eigenvalue weighted by atomic mass is 32.2. The molecule has 0 spiro atoms. The van der Waals surface area contributed by atoms with Gasteiger partial charge in [0.25, 0.3) is 11.8 Å². The van der Waals surface area contributed by atoms with Crippen molar-refractivity contribution in [1.82, 2.24) is 44.7 Å². The van der Waals surface area contributed by atoms with Crippen LogP contribution in [0.2, 0.25) is 0 Å². The summed E-state index contributed by atoms with van der Waals surface area (Å²) in [6.45, 7) is 8.18. The summed E-state index contributed by atoms with van der Waals surface area (Å²) in [7, 11) is 0.0891. The monoisotopic (exact) mass is 817 g/mol. The Morgan fingerprint density at radius 3 is 2.73 bits per heavy atom. The molecule has 7 heterocycles. The van der Waals surface area contributed by atoms with Crippen LogP contribution in [0.15, 0.2) is 55.0 Å². The predicted octanol–water partition coefficient (Wildman–Crippen LogP) is 4.17. The number of morpholine rings is 1. The summed E-state index contributed by atoms with van der Waals surface area (Å²) < 4.78 is 9.86. The smallest absolute Gasteiger partial charge is 0.264 e. The van der Waals surface area contributed by atoms with E-state index < -0.39 is 29.7 Å². The maximum atomic E-state index is 13.5. The number of rotatable bonds is 13. The Labute approximate surface area is 343 Å². The van der Waals surface area contributed by atoms with Crippen molar-refractivity contribution in [3.63, 3.8) is 0 Å². The Hall–Kier alpha value is -5.81. The van der Waals surface area contributed by atoms with E-state index in [9.17, 15) is 19.2 Å². The van der Waals surface area contributed by atoms with Gasteiger partial charge >= 0.3 is 0 Å². The first-order valence-electron chi connectivity index (χ1n) is 20.2. The molecule has 2 saturated heterocycles. The summed E-state index contributed by atoms with van der Waals surface area (Å²) in [4.78, 5) is 69.5. The van der Waals surface area contributed by atoms with Crippen molar-refractivity contribution in [2.75, 3.05) is 42.8 Å². The molecular formula is C42H47N11O5S. The van der Waals surface area contributed by atoms with Crippen LogP contribution < -0.4 is 15.5 Å². The van der Waals surface area contributed by atoms with E-state index in [1.165, 1.54) is 0 Å². The number of aromatic nitrogens is 7. The van der Waals surface area contributed by atoms with E-state index in [1.54, 1.807) is 24.4 Å². The minimum atomic E-state index is -1.01. The molecule has 0 bridgehead atoms. The molecule has 2 N–H and O–H groups in total. The topological polar surface area (TPSA) is 182 Å². The zero-order valence-corrected chi connectivity index (χ0v) is 34.2. The van der Waals surface area contributed by atoms with E-state index >= 15 is 0 Å². The summed E-state index contributed by atoms with van der Waals surface area (Å²) in [6, 6.07) is 10.6. The fourth-order valence-electron chi connectivity index (χ4n) is 8.57. The number of anilines is 2. The second-order valence-electron chi connectivity index (χ2n) is 15.6. The molecule has 4 amide bonds. The van der Waals surface area contributed by atoms with Crippen LogP contribution in [0.25, 0.3) is 22.4 Å². The molecule has 0 radical (unpaired) electrons. The number of ether oxygens (including phenoxy) is 1. The van der Waals surface area contributed by atoms with Crippen molar-refractivity contribution >= 4 is 62.0 Å². The van der Waals surface area contributed by atoms with Gasteiger partial charge in [-0.1, -0.05) is 16.6 Å². The lowest BCUT2D eigenvalue weighted by molar-refractivity contribution is -0.136. The van der Waals surface area contributed by atoms with Crippen molar-refractivity contribution in [1.29, 1.82) is 0 Å². The van der Waals surface area contributed by atoms with Gasteiger partial charge in [-0.15, -0.1) is 5.10 Å². The van der Waals surface area contributed by atoms with Crippen molar-refractivity contribution in [2.24, 2.45) is 0 Å². The highest BCUT2D eigenvalue weighted by Gasteiger charge is 2.48. The standard InChI is InChI=1S/C42H47N11O5S/c1-4-59(3)42(14-15-42)33-23-34(51-21-22-58-25-26(51)2)47-37(46-33)28-12-17-44-38-29(28)13-18-50(38)19-20-52-27(24-45-49-52)7-6-16-43-31-9-5-8-30-36(31)41(57)53(40(30)56)32-10-11-35(54)48-39(32)55/h4-5,8-9,12-13,17-18,23-24,26,32,43H,6-7,10-11,14-16,19-22,25H2,1-3H3,(H,48,54,55)/t26-,32?,59?/m1/s1. The third-order valence-electron chi connectivity index (χ3n) is 12.1. The van der Waals surface area contributed by atoms with Gasteiger partial charge in [0, 0.05) is 61.2 Å². The molecule has 2 unspecified atom stereocenters. The average molecular weight is 818 g/mol. The van der Waals surface area contributed by atoms with Gasteiger partial charge in [-0.05, 0) is 76.5 Å². The van der Waals surface area contributed by atoms with Crippen LogP contribution in [0.3, 0.4) is 0 Å². The molecule has 3 aliphatic heterocycles. The molecule has 4 aliphatic rings. The molecule has 16 nitrogen and oxygen atoms in total. The molecule has 3 fully saturated rings. The van der Waals surface area contributed by atoms with Crippen molar-refractivity contribution < 1.29 is 23.9 Å². The van der Waals surface area contributed by atoms with Gasteiger partial charge in [-0.2, -0.15) is 10.5 Å². The van der Waals surface area contributed by atoms with E-state index in [0.29, 0.717) is 51.4 Å². The fourth-order valence-corrected chi connectivity index (χ4v) is 10.2. The number of hydrogen-bond acceptors (Lipinski definition) is 12. The Kier molecular flexibility index (Phi) is 10.3. The maximum Gasteiger partial charge on any atom is 0.264 e. The first-order chi connectivity index (χ1) is 28.7. The van der Waals surface area contributed by atoms with Gasteiger partial charge in [0.05, 0.1) is 59.3 Å². The molecule has 17 heteroatoms. The van der Waals surface area contributed by atoms with E-state index in [2.05, 4.69) is 74.2 Å². The maximum absolute atomic E-state index is 13.5. The number of aryl methyl sites for hydroxylation is 3. The molecule has 1 aromatic carbocycles. The molecule has 3 atom stereocenters. The third kappa shape index (κ3) is 7.09. The van der Waals surface area contributed by atoms with Gasteiger partial charge in [-0.3, -0.25) is 29.4 Å². The first kappa shape index (κ1) is 38.7. The van der Waals surface area contributed by atoms with Crippen molar-refractivity contribution in [3.05, 3.63) is 77.5 Å². The number of piperidine rings is 1. The Morgan fingerprint density at radius 2 is 1.93 bits per heavy atom. The molecule has 1 aliphatic carbocycles. The van der Waals surface area contributed by atoms with Gasteiger partial charge in [-0.25, -0.2) is 19.6 Å². The van der Waals surface area contributed by atoms with Crippen LogP contribution in [-0.2, 0) is 38.6 Å². The molecular weight excluding hydrogens is 771 g/mol. The zero-order valence-electron chi connectivity index (χ0n) is 33.4. The molecule has 59 heavy (non-hydrogen) atoms. The molecule has 5 aromatic rings. The number of carbonyl (C=O) groups excluding carboxylic acids is 4. The number of hydrogen-bond donors (Lipinski definition) is 2. The SMILES string of the molecule is C/C=S(/C)C1(c2cc(N3CCOC[C@H]3C)nc(-c3ccnc4c3ccn4CCn3nncc3CCCNc3cccc4c3C(=O)N(C3CCC(=O)NC3=O)C4=O)n2)CC1. The van der Waals surface area contributed by atoms with E-state index in [4.69, 9.17) is 19.7 Å². The number of benzene rings is 1. The normalized spacial score (nSPS) is 20.7. The zero-order chi connectivity index (χ0) is 40.8. The molecule has 1 saturated carbocycles. The highest BCUT2D eigenvalue weighted by Crippen LogP contribution is 2.59. The van der Waals surface area contributed by atoms with Crippen molar-refractivity contribution in [2.45, 2.75) is 82.3 Å². The number of pyridine rings is 1. The van der Waals surface area contributed by atoms with Crippen molar-refractivity contribution in [3.8, 4) is 11.4 Å². The summed E-state index contributed by atoms with van der Waals surface area (Å²) in [6.07, 6.45) is 11.8. The quantitative estimate of drug-likeness (QED) is 0.0985. The number of imide groups is 2. The third-order valence-corrected chi connectivity index (χ3v) is 14.6. The van der Waals surface area contributed by atoms with Gasteiger partial charge in [0.15, 0.2) is 5.82 Å². The van der Waals surface area contributed by atoms with Gasteiger partial charge in [0.1, 0.15) is 17.5 Å². The average Bonchev–Trinajstić information content (AvgIpc) is 3.65. The summed E-state index contributed by atoms with van der Waals surface area (Å²) >= 11 is 0. The summed E-state index contributed by atoms with van der Waals surface area (Å²) in [5, 5.41) is 17.5. The second-order valence-corrected chi connectivity index (χ2v) is 18.0. The Morgan fingerprint density at radius 1 is 1.07 bits per heavy atom. The fraction of sp³-hybridized carbons (Fsp3) is 0.429. The van der Waals surface area contributed by atoms with Crippen LogP contribution in [0.5, 0.6) is 0 Å². The largest absolute Gasteiger partial charge is 0.384 e. The van der Waals surface area contributed by atoms with Crippen LogP contribution in [-0.4, -0.2) is 113 Å². The van der Waals surface area contributed by atoms with Gasteiger partial charge < -0.3 is 19.5 Å². The van der Waals surface area contributed by atoms with Crippen LogP contribution in [0.1, 0.15) is 78.1 Å². The first-order valence-corrected chi connectivity index (χ1v) is 21.9. The molecule has 306 valence electrons. The van der Waals surface area contributed by atoms with E-state index in [-0.39, 0.29) is 45.2 Å². The molecule has 4 aromatic heterocycles. The number of carbonyl (C=O) groups is 4. The lowest BCUT2D eigenvalue weighted by Crippen LogP contribution is -2.54. The molecule has 9 rings (SSSR count). The summed E-state index contributed by atoms with van der Waals surface area (Å²) in [5.74, 6) is -0.438. The Bertz CT molecular complexity index is 2530. The van der Waals surface area contributed by atoms with Crippen LogP contribution >= 0.6 is 10.5 Å². The highest BCUT2D eigenvalue weighted by molar-refractivity contribution is 8.15. The number of fused-ring (bicyclic) bond motifs is 2. The van der Waals surface area contributed by atoms with E-state index in [0.717, 1.165) is 63.9 Å². The van der Waals surface area contributed by atoms with Crippen LogP contribution in [0, 0.1) is 0 Å². The Balaban J connectivity index is 0.877. The van der Waals surface area contributed by atoms with E-state index in [1.807, 2.05) is 16.9 Å².